The average Bonchev–Trinajstić information content (AvgIpc) is 3.04. The summed E-state index contributed by atoms with van der Waals surface area (Å²) in [5.74, 6) is -3.32. The number of methoxy groups -OCH3 is 2. The van der Waals surface area contributed by atoms with Crippen molar-refractivity contribution in [2.45, 2.75) is 65.0 Å². The number of carbonyl (C=O) groups excluding carboxylic acids is 5. The number of nitrogens with one attached hydrogen (secondary N) is 2. The van der Waals surface area contributed by atoms with Crippen molar-refractivity contribution in [2.24, 2.45) is 17.6 Å². The van der Waals surface area contributed by atoms with E-state index in [0.717, 1.165) is 6.08 Å². The highest BCUT2D eigenvalue weighted by Crippen LogP contribution is 2.29. The van der Waals surface area contributed by atoms with Gasteiger partial charge in [0.15, 0.2) is 6.10 Å². The lowest BCUT2D eigenvalue weighted by Crippen LogP contribution is -2.38. The molecule has 0 aromatic heterocycles. The number of fused-ring (bicyclic) bond motifs is 2. The Morgan fingerprint density at radius 1 is 1.04 bits per heavy atom. The number of carbonyl (C=O) groups is 5. The standard InChI is InChI=1S/C35H43N3O9/c1-19-15-24-29(38-34(43)23-12-8-7-9-13-23)26(39)18-25(31(24)41)37-33(42)20(2)11-10-14-27(45-5)32(47-35(36)44)22(4)17-21(3)30(40)28(16-19)46-6/h7-14,17-19,21,27-28,30,32,40H,15-16H2,1-6H3,(H2,36,44)(H,37,42)(H,38,43)/b14-10-,20-11+,22-17+/t19-,21+,27+,28+,30-,32-/m1/s1. The van der Waals surface area contributed by atoms with Gasteiger partial charge in [-0.1, -0.05) is 56.4 Å². The summed E-state index contributed by atoms with van der Waals surface area (Å²) < 4.78 is 16.6. The van der Waals surface area contributed by atoms with Gasteiger partial charge in [0.25, 0.3) is 11.8 Å². The molecule has 1 aliphatic heterocycles. The molecule has 0 saturated carbocycles. The van der Waals surface area contributed by atoms with Crippen LogP contribution in [-0.2, 0) is 28.6 Å². The number of aliphatic hydroxyl groups excluding tert-OH is 1. The molecule has 12 nitrogen and oxygen atoms in total. The van der Waals surface area contributed by atoms with Crippen LogP contribution >= 0.6 is 0 Å². The Balaban J connectivity index is 2.09. The predicted molar refractivity (Wildman–Crippen MR) is 173 cm³/mol. The number of ether oxygens (including phenoxy) is 3. The Bertz CT molecular complexity index is 1520. The Kier molecular flexibility index (Phi) is 13.1. The molecule has 47 heavy (non-hydrogen) atoms. The van der Waals surface area contributed by atoms with E-state index in [0.29, 0.717) is 11.1 Å². The van der Waals surface area contributed by atoms with Crippen molar-refractivity contribution in [3.05, 3.63) is 94.4 Å². The topological polar surface area (TPSA) is 183 Å². The summed E-state index contributed by atoms with van der Waals surface area (Å²) >= 11 is 0. The van der Waals surface area contributed by atoms with Gasteiger partial charge in [-0.3, -0.25) is 19.2 Å². The van der Waals surface area contributed by atoms with Crippen LogP contribution in [-0.4, -0.2) is 73.2 Å². The van der Waals surface area contributed by atoms with E-state index in [1.807, 2.05) is 6.92 Å². The normalized spacial score (nSPS) is 29.4. The molecule has 0 saturated heterocycles. The van der Waals surface area contributed by atoms with Crippen molar-refractivity contribution < 1.29 is 43.3 Å². The molecule has 3 amide bonds. The van der Waals surface area contributed by atoms with E-state index in [-0.39, 0.29) is 41.3 Å². The smallest absolute Gasteiger partial charge is 0.405 e. The third-order valence-electron chi connectivity index (χ3n) is 8.07. The molecule has 0 spiro atoms. The monoisotopic (exact) mass is 649 g/mol. The van der Waals surface area contributed by atoms with Crippen LogP contribution in [0.4, 0.5) is 4.79 Å². The molecule has 252 valence electrons. The van der Waals surface area contributed by atoms with Crippen molar-refractivity contribution in [1.29, 1.82) is 0 Å². The third-order valence-corrected chi connectivity index (χ3v) is 8.07. The SMILES string of the molecule is CO[C@H]1/C=C\C=C(/C)C(=O)NC2=CC(=O)C(NC(=O)c3ccccc3)=C(C[C@@H](C)C[C@H](OC)[C@H](O)[C@@H](C)/C=C(\C)[C@H]1OC(N)=O)C2=O. The van der Waals surface area contributed by atoms with E-state index in [2.05, 4.69) is 10.6 Å². The van der Waals surface area contributed by atoms with Crippen LogP contribution in [0.15, 0.2) is 88.8 Å². The molecular weight excluding hydrogens is 606 g/mol. The second kappa shape index (κ2) is 16.8. The lowest BCUT2D eigenvalue weighted by atomic mass is 9.85. The van der Waals surface area contributed by atoms with Gasteiger partial charge in [-0.05, 0) is 50.3 Å². The molecule has 5 N–H and O–H groups in total. The number of Topliss-reactive ketones (excluding diaryl/α,β-unsaturated/α-hetero) is 1. The fraction of sp³-hybridized carbons (Fsp3) is 0.400. The molecule has 2 aliphatic rings. The summed E-state index contributed by atoms with van der Waals surface area (Å²) in [5.41, 5.74) is 5.99. The number of benzene rings is 1. The van der Waals surface area contributed by atoms with Gasteiger partial charge in [-0.25, -0.2) is 4.79 Å². The summed E-state index contributed by atoms with van der Waals surface area (Å²) in [4.78, 5) is 65.1. The zero-order valence-electron chi connectivity index (χ0n) is 27.4. The lowest BCUT2D eigenvalue weighted by Gasteiger charge is -2.30. The first-order valence-electron chi connectivity index (χ1n) is 15.2. The molecule has 0 radical (unpaired) electrons. The van der Waals surface area contributed by atoms with Crippen LogP contribution in [0.1, 0.15) is 50.9 Å². The summed E-state index contributed by atoms with van der Waals surface area (Å²) in [7, 11) is 2.87. The van der Waals surface area contributed by atoms with Crippen molar-refractivity contribution in [2.75, 3.05) is 14.2 Å². The molecule has 12 heteroatoms. The van der Waals surface area contributed by atoms with Gasteiger partial charge in [-0.2, -0.15) is 0 Å². The van der Waals surface area contributed by atoms with E-state index in [1.165, 1.54) is 33.3 Å². The first-order valence-corrected chi connectivity index (χ1v) is 15.2. The van der Waals surface area contributed by atoms with Crippen molar-refractivity contribution in [3.8, 4) is 0 Å². The number of hydrogen-bond donors (Lipinski definition) is 4. The van der Waals surface area contributed by atoms with Gasteiger partial charge in [0.05, 0.1) is 23.6 Å². The summed E-state index contributed by atoms with van der Waals surface area (Å²) in [5, 5.41) is 16.4. The van der Waals surface area contributed by atoms with E-state index < -0.39 is 59.8 Å². The second-order valence-electron chi connectivity index (χ2n) is 11.8. The number of nitrogens with two attached hydrogens (primary N) is 1. The number of allylic oxidation sites excluding steroid dienone is 4. The highest BCUT2D eigenvalue weighted by molar-refractivity contribution is 6.24. The van der Waals surface area contributed by atoms with Crippen molar-refractivity contribution in [3.63, 3.8) is 0 Å². The van der Waals surface area contributed by atoms with Crippen molar-refractivity contribution >= 4 is 29.5 Å². The zero-order valence-corrected chi connectivity index (χ0v) is 27.4. The van der Waals surface area contributed by atoms with Gasteiger partial charge in [0, 0.05) is 42.9 Å². The number of aliphatic hydroxyl groups is 1. The van der Waals surface area contributed by atoms with E-state index in [4.69, 9.17) is 19.9 Å². The maximum Gasteiger partial charge on any atom is 0.405 e. The minimum atomic E-state index is -1.03. The number of ketones is 2. The highest BCUT2D eigenvalue weighted by atomic mass is 16.6. The Hall–Kier alpha value is -4.65. The van der Waals surface area contributed by atoms with Gasteiger partial charge < -0.3 is 35.7 Å². The minimum Gasteiger partial charge on any atom is -0.439 e. The maximum atomic E-state index is 13.8. The minimum absolute atomic E-state index is 0.0199. The van der Waals surface area contributed by atoms with Gasteiger partial charge in [0.1, 0.15) is 6.10 Å². The third kappa shape index (κ3) is 9.67. The summed E-state index contributed by atoms with van der Waals surface area (Å²) in [6.07, 6.45) is 3.05. The van der Waals surface area contributed by atoms with E-state index in [1.54, 1.807) is 56.3 Å². The maximum absolute atomic E-state index is 13.8. The van der Waals surface area contributed by atoms with Crippen LogP contribution < -0.4 is 16.4 Å². The molecule has 6 atom stereocenters. The van der Waals surface area contributed by atoms with E-state index in [9.17, 15) is 29.1 Å². The molecule has 1 heterocycles. The zero-order chi connectivity index (χ0) is 34.8. The molecule has 1 aromatic rings. The van der Waals surface area contributed by atoms with Crippen LogP contribution in [0, 0.1) is 11.8 Å². The first kappa shape index (κ1) is 36.8. The number of primary amides is 1. The average molecular weight is 650 g/mol. The van der Waals surface area contributed by atoms with E-state index >= 15 is 0 Å². The molecule has 0 unspecified atom stereocenters. The molecule has 3 rings (SSSR count). The molecule has 1 aromatic carbocycles. The summed E-state index contributed by atoms with van der Waals surface area (Å²) in [6, 6.07) is 8.25. The lowest BCUT2D eigenvalue weighted by molar-refractivity contribution is -0.120. The Morgan fingerprint density at radius 2 is 1.72 bits per heavy atom. The Labute approximate surface area is 274 Å². The largest absolute Gasteiger partial charge is 0.439 e. The van der Waals surface area contributed by atoms with Crippen molar-refractivity contribution in [1.82, 2.24) is 10.6 Å². The van der Waals surface area contributed by atoms with Gasteiger partial charge in [0.2, 0.25) is 11.6 Å². The Morgan fingerprint density at radius 3 is 2.34 bits per heavy atom. The van der Waals surface area contributed by atoms with Gasteiger partial charge >= 0.3 is 6.09 Å². The molecule has 1 aliphatic carbocycles. The predicted octanol–water partition coefficient (Wildman–Crippen LogP) is 3.19. The fourth-order valence-corrected chi connectivity index (χ4v) is 5.50. The van der Waals surface area contributed by atoms with Crippen LogP contribution in [0.3, 0.4) is 0 Å². The first-order chi connectivity index (χ1) is 22.3. The van der Waals surface area contributed by atoms with Crippen LogP contribution in [0.5, 0.6) is 0 Å². The molecular formula is C35H43N3O9. The number of hydrogen-bond acceptors (Lipinski definition) is 9. The van der Waals surface area contributed by atoms with Crippen LogP contribution in [0.2, 0.25) is 0 Å². The van der Waals surface area contributed by atoms with Crippen LogP contribution in [0.25, 0.3) is 0 Å². The second-order valence-corrected chi connectivity index (χ2v) is 11.8. The number of amides is 3. The molecule has 0 fully saturated rings. The quantitative estimate of drug-likeness (QED) is 0.275. The highest BCUT2D eigenvalue weighted by Gasteiger charge is 2.34. The number of rotatable bonds is 5. The van der Waals surface area contributed by atoms with Gasteiger partial charge in [-0.15, -0.1) is 0 Å². The molecule has 2 bridgehead atoms. The fourth-order valence-electron chi connectivity index (χ4n) is 5.50. The summed E-state index contributed by atoms with van der Waals surface area (Å²) in [6.45, 7) is 6.83.